The topological polar surface area (TPSA) is 202 Å². The molecule has 55 heavy (non-hydrogen) atoms. The molecule has 0 atom stereocenters. The van der Waals surface area contributed by atoms with Gasteiger partial charge in [0, 0.05) is 44.5 Å². The molecule has 1 saturated heterocycles. The van der Waals surface area contributed by atoms with Gasteiger partial charge in [-0.25, -0.2) is 14.6 Å². The molecule has 1 aliphatic rings. The van der Waals surface area contributed by atoms with Crippen LogP contribution in [0.25, 0.3) is 16.7 Å². The summed E-state index contributed by atoms with van der Waals surface area (Å²) in [7, 11) is 1.44. The van der Waals surface area contributed by atoms with Crippen LogP contribution in [0, 0.1) is 12.3 Å². The number of fused-ring (bicyclic) bond motifs is 1. The molecule has 0 unspecified atom stereocenters. The first-order valence-corrected chi connectivity index (χ1v) is 17.6. The zero-order valence-electron chi connectivity index (χ0n) is 30.6. The molecule has 2 N–H and O–H groups in total. The number of pyridine rings is 1. The van der Waals surface area contributed by atoms with Gasteiger partial charge in [-0.2, -0.15) is 0 Å². The molecule has 5 rings (SSSR count). The first-order chi connectivity index (χ1) is 26.9. The number of nitrogens with one attached hydrogen (secondary N) is 2. The van der Waals surface area contributed by atoms with Gasteiger partial charge in [0.15, 0.2) is 11.6 Å². The Bertz CT molecular complexity index is 1920. The predicted molar refractivity (Wildman–Crippen MR) is 196 cm³/mol. The molecule has 0 saturated carbocycles. The number of methoxy groups -OCH3 is 1. The molecule has 18 nitrogen and oxygen atoms in total. The lowest BCUT2D eigenvalue weighted by Crippen LogP contribution is -2.52. The van der Waals surface area contributed by atoms with Gasteiger partial charge >= 0.3 is 0 Å². The summed E-state index contributed by atoms with van der Waals surface area (Å²) in [6.45, 7) is 4.16. The highest BCUT2D eigenvalue weighted by atomic mass is 16.6. The highest BCUT2D eigenvalue weighted by Gasteiger charge is 2.31. The number of Topliss-reactive ketones (excluding diaryl/α,β-unsaturated/α-hetero) is 1. The van der Waals surface area contributed by atoms with Crippen molar-refractivity contribution < 1.29 is 47.6 Å². The molecule has 1 aromatic carbocycles. The number of H-pyrrole nitrogens is 1. The Labute approximate surface area is 317 Å². The van der Waals surface area contributed by atoms with Crippen LogP contribution < -0.4 is 10.1 Å². The highest BCUT2D eigenvalue weighted by Crippen LogP contribution is 2.32. The highest BCUT2D eigenvalue weighted by molar-refractivity contribution is 6.45. The predicted octanol–water partition coefficient (Wildman–Crippen LogP) is 0.652. The lowest BCUT2D eigenvalue weighted by molar-refractivity contribution is -0.128. The normalized spacial score (nSPS) is 12.8. The summed E-state index contributed by atoms with van der Waals surface area (Å²) in [4.78, 5) is 66.8. The second kappa shape index (κ2) is 21.2. The molecule has 0 radical (unpaired) electrons. The molecule has 0 aliphatic carbocycles. The van der Waals surface area contributed by atoms with Crippen LogP contribution in [-0.2, 0) is 39.9 Å². The van der Waals surface area contributed by atoms with Crippen LogP contribution in [0.4, 0.5) is 0 Å². The lowest BCUT2D eigenvalue weighted by Gasteiger charge is -2.34. The number of nitrogens with zero attached hydrogens (tertiary/aromatic N) is 6. The minimum absolute atomic E-state index is 0.0532. The summed E-state index contributed by atoms with van der Waals surface area (Å²) in [6.07, 6.45) is 9.38. The molecule has 292 valence electrons. The number of ketones is 1. The van der Waals surface area contributed by atoms with Crippen LogP contribution in [0.3, 0.4) is 0 Å². The van der Waals surface area contributed by atoms with Crippen molar-refractivity contribution in [3.63, 3.8) is 0 Å². The number of aromatic amines is 1. The van der Waals surface area contributed by atoms with E-state index >= 15 is 0 Å². The Morgan fingerprint density at radius 2 is 1.55 bits per heavy atom. The minimum atomic E-state index is -0.729. The van der Waals surface area contributed by atoms with E-state index in [0.717, 1.165) is 0 Å². The largest absolute Gasteiger partial charge is 0.494 e. The number of terminal acetylenes is 1. The Morgan fingerprint density at radius 1 is 0.873 bits per heavy atom. The van der Waals surface area contributed by atoms with Crippen LogP contribution in [0.5, 0.6) is 5.75 Å². The van der Waals surface area contributed by atoms with Crippen molar-refractivity contribution in [3.05, 3.63) is 66.0 Å². The molecule has 4 heterocycles. The van der Waals surface area contributed by atoms with Crippen LogP contribution in [0.1, 0.15) is 26.5 Å². The first kappa shape index (κ1) is 40.5. The Morgan fingerprint density at radius 3 is 2.24 bits per heavy atom. The number of carbonyl (C=O) groups is 4. The van der Waals surface area contributed by atoms with E-state index in [2.05, 4.69) is 31.3 Å². The molecule has 3 aromatic heterocycles. The van der Waals surface area contributed by atoms with Gasteiger partial charge in [0.25, 0.3) is 17.6 Å². The zero-order chi connectivity index (χ0) is 38.8. The molecule has 4 aromatic rings. The molecule has 18 heteroatoms. The molecular formula is C37H44N8O10. The van der Waals surface area contributed by atoms with Crippen LogP contribution in [0.2, 0.25) is 0 Å². The molecule has 1 aliphatic heterocycles. The monoisotopic (exact) mass is 760 g/mol. The Kier molecular flexibility index (Phi) is 15.6. The van der Waals surface area contributed by atoms with Crippen molar-refractivity contribution in [3.8, 4) is 23.9 Å². The number of ether oxygens (including phenoxy) is 6. The molecule has 1 fully saturated rings. The van der Waals surface area contributed by atoms with Crippen molar-refractivity contribution in [1.82, 2.24) is 39.8 Å². The van der Waals surface area contributed by atoms with Gasteiger partial charge in [0.1, 0.15) is 31.9 Å². The van der Waals surface area contributed by atoms with Crippen LogP contribution in [0.15, 0.2) is 49.1 Å². The summed E-state index contributed by atoms with van der Waals surface area (Å²) >= 11 is 0. The number of hydrogen-bond acceptors (Lipinski definition) is 13. The third kappa shape index (κ3) is 11.4. The van der Waals surface area contributed by atoms with Gasteiger partial charge in [-0.3, -0.25) is 19.2 Å². The molecule has 0 bridgehead atoms. The SMILES string of the molecule is C#CCOCCOCCOCCOCCNC(=O)COCc1ncn(-c2ncc(OC)c3c(C(=O)C(=O)N4CCN(C(=O)c5ccccc5)CC4)c[nH]c23)n1. The van der Waals surface area contributed by atoms with Crippen LogP contribution in [-0.4, -0.2) is 157 Å². The number of benzene rings is 1. The van der Waals surface area contributed by atoms with E-state index in [4.69, 9.17) is 34.8 Å². The number of aromatic nitrogens is 5. The number of carbonyl (C=O) groups excluding carboxylic acids is 4. The Hall–Kier alpha value is -5.71. The zero-order valence-corrected chi connectivity index (χ0v) is 30.6. The Balaban J connectivity index is 1.04. The third-order valence-electron chi connectivity index (χ3n) is 8.28. The number of rotatable bonds is 22. The van der Waals surface area contributed by atoms with Gasteiger partial charge in [0.05, 0.1) is 76.0 Å². The smallest absolute Gasteiger partial charge is 0.295 e. The van der Waals surface area contributed by atoms with Gasteiger partial charge in [-0.15, -0.1) is 11.5 Å². The standard InChI is InChI=1S/C37H44N8O10/c1-3-14-51-16-18-53-20-21-54-19-17-52-15-9-38-31(46)25-55-24-30-41-26-45(42-30)35-33-32(29(50-2)23-40-35)28(22-39-33)34(47)37(49)44-12-10-43(11-13-44)36(48)27-7-5-4-6-8-27/h1,4-8,22-23,26,39H,9-21,24-25H2,2H3,(H,38,46). The van der Waals surface area contributed by atoms with Crippen molar-refractivity contribution in [2.24, 2.45) is 0 Å². The minimum Gasteiger partial charge on any atom is -0.494 e. The van der Waals surface area contributed by atoms with Crippen LogP contribution >= 0.6 is 0 Å². The summed E-state index contributed by atoms with van der Waals surface area (Å²) in [5.74, 6) is 1.37. The fraction of sp³-hybridized carbons (Fsp3) is 0.432. The number of hydrogen-bond donors (Lipinski definition) is 2. The van der Waals surface area contributed by atoms with Gasteiger partial charge in [-0.05, 0) is 12.1 Å². The van der Waals surface area contributed by atoms with Crippen molar-refractivity contribution in [1.29, 1.82) is 0 Å². The quantitative estimate of drug-likeness (QED) is 0.0490. The summed E-state index contributed by atoms with van der Waals surface area (Å²) in [5.41, 5.74) is 1.07. The van der Waals surface area contributed by atoms with E-state index in [9.17, 15) is 19.2 Å². The summed E-state index contributed by atoms with van der Waals surface area (Å²) in [6, 6.07) is 8.92. The first-order valence-electron chi connectivity index (χ1n) is 17.6. The second-order valence-corrected chi connectivity index (χ2v) is 11.9. The summed E-state index contributed by atoms with van der Waals surface area (Å²) < 4.78 is 33.7. The van der Waals surface area contributed by atoms with Gasteiger partial charge in [-0.1, -0.05) is 24.1 Å². The average Bonchev–Trinajstić information content (AvgIpc) is 3.88. The van der Waals surface area contributed by atoms with Crippen molar-refractivity contribution >= 4 is 34.4 Å². The van der Waals surface area contributed by atoms with Gasteiger partial charge < -0.3 is 48.5 Å². The molecule has 3 amide bonds. The van der Waals surface area contributed by atoms with E-state index in [0.29, 0.717) is 88.2 Å². The maximum absolute atomic E-state index is 13.6. The molecule has 0 spiro atoms. The summed E-state index contributed by atoms with van der Waals surface area (Å²) in [5, 5.41) is 7.48. The van der Waals surface area contributed by atoms with E-state index in [-0.39, 0.29) is 61.9 Å². The number of amides is 3. The van der Waals surface area contributed by atoms with Gasteiger partial charge in [0.2, 0.25) is 5.91 Å². The van der Waals surface area contributed by atoms with E-state index < -0.39 is 11.7 Å². The maximum atomic E-state index is 13.6. The number of piperazine rings is 1. The lowest BCUT2D eigenvalue weighted by atomic mass is 10.1. The van der Waals surface area contributed by atoms with E-state index in [1.807, 2.05) is 6.07 Å². The maximum Gasteiger partial charge on any atom is 0.295 e. The van der Waals surface area contributed by atoms with Crippen molar-refractivity contribution in [2.75, 3.05) is 99.3 Å². The fourth-order valence-electron chi connectivity index (χ4n) is 5.55. The third-order valence-corrected chi connectivity index (χ3v) is 8.28. The fourth-order valence-corrected chi connectivity index (χ4v) is 5.55. The second-order valence-electron chi connectivity index (χ2n) is 11.9. The molecular weight excluding hydrogens is 716 g/mol. The van der Waals surface area contributed by atoms with E-state index in [1.54, 1.807) is 29.2 Å². The van der Waals surface area contributed by atoms with E-state index in [1.165, 1.54) is 35.4 Å². The average molecular weight is 761 g/mol. The van der Waals surface area contributed by atoms with Crippen molar-refractivity contribution in [2.45, 2.75) is 6.61 Å².